The number of aromatic nitrogens is 2. The van der Waals surface area contributed by atoms with Crippen molar-refractivity contribution in [3.63, 3.8) is 0 Å². The van der Waals surface area contributed by atoms with Crippen molar-refractivity contribution < 1.29 is 4.74 Å². The summed E-state index contributed by atoms with van der Waals surface area (Å²) in [5.74, 6) is 1.25. The molecule has 114 valence electrons. The van der Waals surface area contributed by atoms with Crippen LogP contribution in [0.4, 0.5) is 0 Å². The van der Waals surface area contributed by atoms with Gasteiger partial charge in [-0.2, -0.15) is 5.10 Å². The standard InChI is InChI=1S/C15H26ClN3O/c1-3-13-15(16)14(19(4-2)18-13)10-20-9-12-7-5-6-11(12)8-17/h11-12H,3-10,17H2,1-2H3. The largest absolute Gasteiger partial charge is 0.375 e. The Hall–Kier alpha value is -0.580. The van der Waals surface area contributed by atoms with E-state index in [-0.39, 0.29) is 0 Å². The molecule has 5 heteroatoms. The molecule has 1 fully saturated rings. The van der Waals surface area contributed by atoms with Gasteiger partial charge in [-0.25, -0.2) is 0 Å². The van der Waals surface area contributed by atoms with Gasteiger partial charge in [0.15, 0.2) is 0 Å². The average molecular weight is 300 g/mol. The Morgan fingerprint density at radius 3 is 2.75 bits per heavy atom. The molecule has 2 atom stereocenters. The van der Waals surface area contributed by atoms with Gasteiger partial charge in [-0.1, -0.05) is 24.9 Å². The molecule has 2 rings (SSSR count). The van der Waals surface area contributed by atoms with Crippen LogP contribution in [0, 0.1) is 11.8 Å². The lowest BCUT2D eigenvalue weighted by Gasteiger charge is -2.18. The SMILES string of the molecule is CCc1nn(CC)c(COCC2CCCC2CN)c1Cl. The molecule has 1 aromatic rings. The van der Waals surface area contributed by atoms with Crippen LogP contribution in [0.25, 0.3) is 0 Å². The average Bonchev–Trinajstić information content (AvgIpc) is 3.04. The van der Waals surface area contributed by atoms with Crippen LogP contribution in [-0.2, 0) is 24.3 Å². The molecule has 0 bridgehead atoms. The van der Waals surface area contributed by atoms with Crippen LogP contribution in [0.5, 0.6) is 0 Å². The maximum atomic E-state index is 6.38. The molecular weight excluding hydrogens is 274 g/mol. The first-order valence-electron chi connectivity index (χ1n) is 7.73. The van der Waals surface area contributed by atoms with Crippen molar-refractivity contribution in [3.05, 3.63) is 16.4 Å². The van der Waals surface area contributed by atoms with Crippen molar-refractivity contribution in [2.45, 2.75) is 52.7 Å². The smallest absolute Gasteiger partial charge is 0.0900 e. The van der Waals surface area contributed by atoms with Gasteiger partial charge >= 0.3 is 0 Å². The molecule has 0 radical (unpaired) electrons. The Morgan fingerprint density at radius 2 is 2.10 bits per heavy atom. The number of rotatable bonds is 7. The highest BCUT2D eigenvalue weighted by Crippen LogP contribution is 2.31. The molecule has 1 heterocycles. The number of hydrogen-bond donors (Lipinski definition) is 1. The Labute approximate surface area is 126 Å². The monoisotopic (exact) mass is 299 g/mol. The van der Waals surface area contributed by atoms with E-state index in [0.29, 0.717) is 18.4 Å². The minimum absolute atomic E-state index is 0.549. The minimum atomic E-state index is 0.549. The summed E-state index contributed by atoms with van der Waals surface area (Å²) in [6, 6.07) is 0. The Balaban J connectivity index is 1.92. The van der Waals surface area contributed by atoms with Crippen LogP contribution in [0.3, 0.4) is 0 Å². The van der Waals surface area contributed by atoms with Crippen molar-refractivity contribution in [2.75, 3.05) is 13.2 Å². The molecule has 0 aliphatic heterocycles. The summed E-state index contributed by atoms with van der Waals surface area (Å²) in [5.41, 5.74) is 7.78. The fourth-order valence-electron chi connectivity index (χ4n) is 3.11. The van der Waals surface area contributed by atoms with Crippen molar-refractivity contribution in [3.8, 4) is 0 Å². The molecule has 4 nitrogen and oxygen atoms in total. The van der Waals surface area contributed by atoms with Gasteiger partial charge in [0.1, 0.15) is 0 Å². The third-order valence-electron chi connectivity index (χ3n) is 4.38. The number of nitrogens with two attached hydrogens (primary N) is 1. The number of ether oxygens (including phenoxy) is 1. The first kappa shape index (κ1) is 15.8. The molecule has 0 spiro atoms. The van der Waals surface area contributed by atoms with E-state index in [4.69, 9.17) is 22.1 Å². The summed E-state index contributed by atoms with van der Waals surface area (Å²) in [6.07, 6.45) is 4.63. The summed E-state index contributed by atoms with van der Waals surface area (Å²) in [6.45, 7) is 7.09. The van der Waals surface area contributed by atoms with Gasteiger partial charge in [0.2, 0.25) is 0 Å². The molecule has 1 aliphatic carbocycles. The number of halogens is 1. The van der Waals surface area contributed by atoms with Crippen LogP contribution in [-0.4, -0.2) is 22.9 Å². The van der Waals surface area contributed by atoms with Gasteiger partial charge < -0.3 is 10.5 Å². The Bertz CT molecular complexity index is 433. The second-order valence-corrected chi connectivity index (χ2v) is 5.96. The quantitative estimate of drug-likeness (QED) is 0.842. The summed E-state index contributed by atoms with van der Waals surface area (Å²) in [5, 5.41) is 5.29. The van der Waals surface area contributed by atoms with Gasteiger partial charge in [0, 0.05) is 6.54 Å². The summed E-state index contributed by atoms with van der Waals surface area (Å²) in [4.78, 5) is 0. The highest BCUT2D eigenvalue weighted by atomic mass is 35.5. The van der Waals surface area contributed by atoms with Gasteiger partial charge in [-0.3, -0.25) is 4.68 Å². The van der Waals surface area contributed by atoms with E-state index in [1.807, 2.05) is 4.68 Å². The van der Waals surface area contributed by atoms with E-state index in [1.54, 1.807) is 0 Å². The number of hydrogen-bond acceptors (Lipinski definition) is 3. The van der Waals surface area contributed by atoms with Gasteiger partial charge in [-0.15, -0.1) is 0 Å². The lowest BCUT2D eigenvalue weighted by molar-refractivity contribution is 0.0712. The fraction of sp³-hybridized carbons (Fsp3) is 0.800. The first-order chi connectivity index (χ1) is 9.71. The highest BCUT2D eigenvalue weighted by molar-refractivity contribution is 6.31. The lowest BCUT2D eigenvalue weighted by Crippen LogP contribution is -2.22. The van der Waals surface area contributed by atoms with E-state index < -0.39 is 0 Å². The highest BCUT2D eigenvalue weighted by Gasteiger charge is 2.26. The van der Waals surface area contributed by atoms with Crippen molar-refractivity contribution in [1.82, 2.24) is 9.78 Å². The van der Waals surface area contributed by atoms with E-state index in [1.165, 1.54) is 19.3 Å². The van der Waals surface area contributed by atoms with Crippen molar-refractivity contribution >= 4 is 11.6 Å². The van der Waals surface area contributed by atoms with E-state index in [9.17, 15) is 0 Å². The summed E-state index contributed by atoms with van der Waals surface area (Å²) < 4.78 is 7.87. The van der Waals surface area contributed by atoms with Crippen LogP contribution in [0.2, 0.25) is 5.02 Å². The second kappa shape index (κ2) is 7.43. The lowest BCUT2D eigenvalue weighted by atomic mass is 9.97. The maximum Gasteiger partial charge on any atom is 0.0900 e. The van der Waals surface area contributed by atoms with Crippen molar-refractivity contribution in [1.29, 1.82) is 0 Å². The zero-order valence-electron chi connectivity index (χ0n) is 12.6. The Kier molecular flexibility index (Phi) is 5.87. The minimum Gasteiger partial charge on any atom is -0.375 e. The predicted molar refractivity (Wildman–Crippen MR) is 81.8 cm³/mol. The fourth-order valence-corrected chi connectivity index (χ4v) is 3.43. The predicted octanol–water partition coefficient (Wildman–Crippen LogP) is 3.01. The Morgan fingerprint density at radius 1 is 1.35 bits per heavy atom. The normalized spacial score (nSPS) is 22.6. The zero-order valence-corrected chi connectivity index (χ0v) is 13.3. The maximum absolute atomic E-state index is 6.38. The van der Waals surface area contributed by atoms with Crippen LogP contribution < -0.4 is 5.73 Å². The van der Waals surface area contributed by atoms with Crippen LogP contribution in [0.15, 0.2) is 0 Å². The molecule has 0 saturated heterocycles. The van der Waals surface area contributed by atoms with Crippen LogP contribution in [0.1, 0.15) is 44.5 Å². The van der Waals surface area contributed by atoms with Gasteiger partial charge in [0.05, 0.1) is 29.6 Å². The van der Waals surface area contributed by atoms with E-state index >= 15 is 0 Å². The van der Waals surface area contributed by atoms with E-state index in [2.05, 4.69) is 18.9 Å². The third-order valence-corrected chi connectivity index (χ3v) is 4.82. The second-order valence-electron chi connectivity index (χ2n) is 5.58. The third kappa shape index (κ3) is 3.35. The molecular formula is C15H26ClN3O. The summed E-state index contributed by atoms with van der Waals surface area (Å²) >= 11 is 6.38. The zero-order chi connectivity index (χ0) is 14.5. The molecule has 2 unspecified atom stereocenters. The molecule has 1 saturated carbocycles. The topological polar surface area (TPSA) is 53.1 Å². The molecule has 2 N–H and O–H groups in total. The number of nitrogens with zero attached hydrogens (tertiary/aromatic N) is 2. The first-order valence-corrected chi connectivity index (χ1v) is 8.10. The van der Waals surface area contributed by atoms with E-state index in [0.717, 1.165) is 42.5 Å². The molecule has 0 aromatic carbocycles. The van der Waals surface area contributed by atoms with Crippen molar-refractivity contribution in [2.24, 2.45) is 17.6 Å². The molecule has 1 aliphatic rings. The van der Waals surface area contributed by atoms with Gasteiger partial charge in [-0.05, 0) is 44.6 Å². The molecule has 1 aromatic heterocycles. The number of aryl methyl sites for hydroxylation is 2. The van der Waals surface area contributed by atoms with Crippen LogP contribution >= 0.6 is 11.6 Å². The van der Waals surface area contributed by atoms with Gasteiger partial charge in [0.25, 0.3) is 0 Å². The molecule has 0 amide bonds. The molecule has 20 heavy (non-hydrogen) atoms. The summed E-state index contributed by atoms with van der Waals surface area (Å²) in [7, 11) is 0.